The number of carbonyl (C=O) groups excluding carboxylic acids is 1. The van der Waals surface area contributed by atoms with Gasteiger partial charge in [0, 0.05) is 0 Å². The van der Waals surface area contributed by atoms with Crippen LogP contribution in [-0.2, 0) is 9.53 Å². The number of hydrogen-bond acceptors (Lipinski definition) is 11. The van der Waals surface area contributed by atoms with Crippen molar-refractivity contribution in [3.63, 3.8) is 0 Å². The summed E-state index contributed by atoms with van der Waals surface area (Å²) in [5, 5.41) is 51.3. The molecule has 0 aliphatic carbocycles. The molecule has 160 valence electrons. The van der Waals surface area contributed by atoms with Gasteiger partial charge in [-0.3, -0.25) is 20.2 Å². The van der Waals surface area contributed by atoms with Crippen molar-refractivity contribution in [2.75, 3.05) is 5.32 Å². The zero-order valence-corrected chi connectivity index (χ0v) is 15.3. The molecule has 5 N–H and O–H groups in total. The van der Waals surface area contributed by atoms with E-state index in [1.54, 1.807) is 0 Å². The van der Waals surface area contributed by atoms with E-state index in [1.165, 1.54) is 0 Å². The van der Waals surface area contributed by atoms with E-state index >= 15 is 0 Å². The number of benzene rings is 1. The van der Waals surface area contributed by atoms with Gasteiger partial charge in [0.05, 0.1) is 16.0 Å². The zero-order valence-electron chi connectivity index (χ0n) is 18.5. The Kier molecular flexibility index (Phi) is 4.81. The van der Waals surface area contributed by atoms with Crippen molar-refractivity contribution in [1.82, 2.24) is 4.98 Å². The first kappa shape index (κ1) is 16.6. The SMILES string of the molecule is [2H]c1c([2H])c([2H])c(C(=O)Nc2ncc([N+](=O)[O-])s2)c(OC2OC(C(=O)O)C(O)C(O)C2O)c1[2H]. The van der Waals surface area contributed by atoms with Crippen LogP contribution < -0.4 is 10.1 Å². The van der Waals surface area contributed by atoms with Gasteiger partial charge in [0.2, 0.25) is 6.29 Å². The summed E-state index contributed by atoms with van der Waals surface area (Å²) in [6.45, 7) is 0. The summed E-state index contributed by atoms with van der Waals surface area (Å²) in [5.41, 5.74) is -0.827. The van der Waals surface area contributed by atoms with Gasteiger partial charge < -0.3 is 29.9 Å². The highest BCUT2D eigenvalue weighted by atomic mass is 32.1. The summed E-state index contributed by atoms with van der Waals surface area (Å²) in [5.74, 6) is -3.84. The zero-order chi connectivity index (χ0) is 25.5. The van der Waals surface area contributed by atoms with Gasteiger partial charge >= 0.3 is 11.0 Å². The van der Waals surface area contributed by atoms with Crippen molar-refractivity contribution in [3.05, 3.63) is 46.0 Å². The Balaban J connectivity index is 2.02. The highest BCUT2D eigenvalue weighted by molar-refractivity contribution is 7.18. The maximum Gasteiger partial charge on any atom is 0.345 e. The monoisotopic (exact) mass is 445 g/mol. The van der Waals surface area contributed by atoms with Crippen molar-refractivity contribution in [2.45, 2.75) is 30.7 Å². The summed E-state index contributed by atoms with van der Waals surface area (Å²) in [7, 11) is 0. The normalized spacial score (nSPS) is 27.9. The summed E-state index contributed by atoms with van der Waals surface area (Å²) < 4.78 is 41.9. The van der Waals surface area contributed by atoms with Crippen LogP contribution in [-0.4, -0.2) is 72.9 Å². The molecule has 1 amide bonds. The third-order valence-corrected chi connectivity index (χ3v) is 4.69. The lowest BCUT2D eigenvalue weighted by Gasteiger charge is -2.38. The Labute approximate surface area is 176 Å². The second kappa shape index (κ2) is 8.68. The van der Waals surface area contributed by atoms with Crippen LogP contribution in [0.25, 0.3) is 0 Å². The second-order valence-corrected chi connectivity index (χ2v) is 6.78. The number of nitro groups is 1. The Hall–Kier alpha value is -3.17. The van der Waals surface area contributed by atoms with Crippen LogP contribution in [0.2, 0.25) is 0 Å². The maximum absolute atomic E-state index is 12.8. The molecule has 5 unspecified atom stereocenters. The van der Waals surface area contributed by atoms with Gasteiger partial charge in [0.15, 0.2) is 11.2 Å². The number of nitrogens with zero attached hydrogens (tertiary/aromatic N) is 2. The lowest BCUT2D eigenvalue weighted by atomic mass is 9.99. The molecule has 0 radical (unpaired) electrons. The van der Waals surface area contributed by atoms with Gasteiger partial charge in [-0.2, -0.15) is 0 Å². The van der Waals surface area contributed by atoms with Crippen LogP contribution in [0.1, 0.15) is 15.8 Å². The van der Waals surface area contributed by atoms with Crippen LogP contribution in [0.4, 0.5) is 10.1 Å². The third-order valence-electron chi connectivity index (χ3n) is 3.82. The molecule has 1 aliphatic rings. The highest BCUT2D eigenvalue weighted by Gasteiger charge is 2.48. The van der Waals surface area contributed by atoms with Gasteiger partial charge in [-0.15, -0.1) is 0 Å². The summed E-state index contributed by atoms with van der Waals surface area (Å²) in [4.78, 5) is 37.8. The molecule has 5 atom stereocenters. The lowest BCUT2D eigenvalue weighted by Crippen LogP contribution is -2.61. The molecule has 13 nitrogen and oxygen atoms in total. The molecule has 0 bridgehead atoms. The Morgan fingerprint density at radius 3 is 2.60 bits per heavy atom. The number of rotatable bonds is 6. The fourth-order valence-electron chi connectivity index (χ4n) is 2.38. The Morgan fingerprint density at radius 1 is 1.27 bits per heavy atom. The van der Waals surface area contributed by atoms with E-state index in [0.717, 1.165) is 6.20 Å². The van der Waals surface area contributed by atoms with E-state index in [0.29, 0.717) is 11.3 Å². The molecule has 2 heterocycles. The molecular weight excluding hydrogens is 426 g/mol. The predicted octanol–water partition coefficient (Wildman–Crippen LogP) is -0.425. The van der Waals surface area contributed by atoms with E-state index in [2.05, 4.69) is 10.3 Å². The molecule has 1 aromatic heterocycles. The number of amides is 1. The van der Waals surface area contributed by atoms with E-state index < -0.39 is 88.0 Å². The molecule has 1 saturated heterocycles. The fraction of sp³-hybridized carbons (Fsp3) is 0.312. The molecule has 0 saturated carbocycles. The van der Waals surface area contributed by atoms with Crippen LogP contribution >= 0.6 is 11.3 Å². The molecule has 1 aromatic carbocycles. The average molecular weight is 445 g/mol. The molecule has 14 heteroatoms. The number of aliphatic hydroxyl groups excluding tert-OH is 3. The predicted molar refractivity (Wildman–Crippen MR) is 98.1 cm³/mol. The largest absolute Gasteiger partial charge is 0.479 e. The number of ether oxygens (including phenoxy) is 2. The van der Waals surface area contributed by atoms with Crippen LogP contribution in [0.3, 0.4) is 0 Å². The third kappa shape index (κ3) is 4.37. The van der Waals surface area contributed by atoms with Crippen molar-refractivity contribution in [1.29, 1.82) is 0 Å². The first-order valence-corrected chi connectivity index (χ1v) is 8.77. The van der Waals surface area contributed by atoms with Gasteiger partial charge in [0.25, 0.3) is 5.91 Å². The standard InChI is InChI=1S/C16H15N3O10S/c20-9-10(21)12(14(24)25)29-15(11(9)22)28-7-4-2-1-3-6(7)13(23)18-16-17-5-8(30-16)19(26)27/h1-5,9-12,15,20-22H,(H,24,25)(H,17,18,23)/i1D,2D,3D,4D. The number of anilines is 1. The van der Waals surface area contributed by atoms with Crippen molar-refractivity contribution in [3.8, 4) is 5.75 Å². The minimum atomic E-state index is -2.08. The minimum absolute atomic E-state index is 0.284. The van der Waals surface area contributed by atoms with Crippen LogP contribution in [0.15, 0.2) is 30.4 Å². The molecule has 0 spiro atoms. The minimum Gasteiger partial charge on any atom is -0.479 e. The number of para-hydroxylation sites is 1. The Morgan fingerprint density at radius 2 is 1.97 bits per heavy atom. The maximum atomic E-state index is 12.8. The van der Waals surface area contributed by atoms with E-state index in [-0.39, 0.29) is 5.13 Å². The summed E-state index contributed by atoms with van der Waals surface area (Å²) in [6.07, 6.45) is -9.52. The number of aliphatic carboxylic acids is 1. The van der Waals surface area contributed by atoms with Crippen molar-refractivity contribution >= 4 is 33.3 Å². The first-order chi connectivity index (χ1) is 15.8. The second-order valence-electron chi connectivity index (χ2n) is 5.77. The van der Waals surface area contributed by atoms with Crippen molar-refractivity contribution in [2.24, 2.45) is 0 Å². The van der Waals surface area contributed by atoms with Gasteiger partial charge in [-0.05, 0) is 23.4 Å². The Bertz CT molecular complexity index is 1160. The summed E-state index contributed by atoms with van der Waals surface area (Å²) in [6, 6.07) is -3.53. The number of carboxylic acids is 1. The molecule has 1 fully saturated rings. The van der Waals surface area contributed by atoms with E-state index in [1.807, 2.05) is 0 Å². The molecule has 1 aliphatic heterocycles. The van der Waals surface area contributed by atoms with Crippen molar-refractivity contribution < 1.29 is 49.9 Å². The fourth-order valence-corrected chi connectivity index (χ4v) is 3.01. The molecule has 30 heavy (non-hydrogen) atoms. The number of aliphatic hydroxyl groups is 3. The number of carbonyl (C=O) groups is 2. The van der Waals surface area contributed by atoms with E-state index in [9.17, 15) is 35.0 Å². The number of carboxylic acid groups (broad SMARTS) is 1. The highest BCUT2D eigenvalue weighted by Crippen LogP contribution is 2.29. The smallest absolute Gasteiger partial charge is 0.345 e. The van der Waals surface area contributed by atoms with Gasteiger partial charge in [-0.25, -0.2) is 9.78 Å². The first-order valence-electron chi connectivity index (χ1n) is 9.96. The molecular formula is C16H15N3O10S. The molecule has 2 aromatic rings. The number of nitrogens with one attached hydrogen (secondary N) is 1. The van der Waals surface area contributed by atoms with Gasteiger partial charge in [0.1, 0.15) is 30.3 Å². The number of aromatic nitrogens is 1. The number of thiazole rings is 1. The summed E-state index contributed by atoms with van der Waals surface area (Å²) >= 11 is 0.462. The molecule has 3 rings (SSSR count). The lowest BCUT2D eigenvalue weighted by molar-refractivity contribution is -0.380. The quantitative estimate of drug-likeness (QED) is 0.285. The van der Waals surface area contributed by atoms with Crippen LogP contribution in [0, 0.1) is 10.1 Å². The van der Waals surface area contributed by atoms with Crippen LogP contribution in [0.5, 0.6) is 5.75 Å². The van der Waals surface area contributed by atoms with Gasteiger partial charge in [-0.1, -0.05) is 12.1 Å². The topological polar surface area (TPSA) is 202 Å². The number of hydrogen-bond donors (Lipinski definition) is 5. The van der Waals surface area contributed by atoms with E-state index in [4.69, 9.17) is 20.1 Å². The average Bonchev–Trinajstić information content (AvgIpc) is 3.24.